The molecule has 0 aliphatic rings. The van der Waals surface area contributed by atoms with Crippen LogP contribution in [0.15, 0.2) is 0 Å². The molecule has 0 bridgehead atoms. The van der Waals surface area contributed by atoms with Crippen molar-refractivity contribution in [3.8, 4) is 0 Å². The molecule has 4 heteroatoms. The Morgan fingerprint density at radius 1 is 0.625 bits per heavy atom. The number of hydrogen-bond acceptors (Lipinski definition) is 3. The summed E-state index contributed by atoms with van der Waals surface area (Å²) < 4.78 is 0. The first-order valence-corrected chi connectivity index (χ1v) is 0.612. The molecular formula is C4H3O3Re-4. The third-order valence-corrected chi connectivity index (χ3v) is 0. The zero-order chi connectivity index (χ0) is 6.00. The molecule has 0 unspecified atom stereocenters. The van der Waals surface area contributed by atoms with Crippen molar-refractivity contribution in [2.75, 3.05) is 0 Å². The van der Waals surface area contributed by atoms with Crippen molar-refractivity contribution in [2.45, 2.75) is 0 Å². The Kier molecular flexibility index (Phi) is 12000. The third-order valence-electron chi connectivity index (χ3n) is 0. The molecule has 0 atom stereocenters. The van der Waals surface area contributed by atoms with E-state index < -0.39 is 0 Å². The maximum Gasteiger partial charge on any atom is 0 e. The first kappa shape index (κ1) is 47.8. The van der Waals surface area contributed by atoms with Crippen LogP contribution in [0.3, 0.4) is 0 Å². The van der Waals surface area contributed by atoms with Crippen molar-refractivity contribution < 1.29 is 34.8 Å². The smallest absolute Gasteiger partial charge is 0 e. The summed E-state index contributed by atoms with van der Waals surface area (Å²) in [7, 11) is 0. The SMILES string of the molecule is [C-]=O.[C-]=O.[C-]=O.[CH3-].[Re]. The van der Waals surface area contributed by atoms with E-state index >= 15 is 0 Å². The van der Waals surface area contributed by atoms with Crippen molar-refractivity contribution in [1.29, 1.82) is 0 Å². The summed E-state index contributed by atoms with van der Waals surface area (Å²) >= 11 is 0. The van der Waals surface area contributed by atoms with Crippen LogP contribution in [0.2, 0.25) is 0 Å². The van der Waals surface area contributed by atoms with E-state index in [9.17, 15) is 0 Å². The third kappa shape index (κ3) is 1150. The van der Waals surface area contributed by atoms with E-state index in [1.807, 2.05) is 0 Å². The fourth-order valence-corrected chi connectivity index (χ4v) is 0. The summed E-state index contributed by atoms with van der Waals surface area (Å²) in [5, 5.41) is 0. The molecule has 0 saturated heterocycles. The van der Waals surface area contributed by atoms with E-state index in [4.69, 9.17) is 14.4 Å². The van der Waals surface area contributed by atoms with Crippen molar-refractivity contribution >= 4 is 20.4 Å². The van der Waals surface area contributed by atoms with E-state index in [-0.39, 0.29) is 27.8 Å². The maximum atomic E-state index is 7.50. The summed E-state index contributed by atoms with van der Waals surface area (Å²) in [6.45, 7) is 13.5. The van der Waals surface area contributed by atoms with Gasteiger partial charge >= 0.3 is 0 Å². The van der Waals surface area contributed by atoms with Crippen LogP contribution in [-0.4, -0.2) is 20.4 Å². The van der Waals surface area contributed by atoms with Crippen LogP contribution in [0.1, 0.15) is 0 Å². The van der Waals surface area contributed by atoms with Crippen LogP contribution in [0.4, 0.5) is 0 Å². The van der Waals surface area contributed by atoms with Gasteiger partial charge in [0.2, 0.25) is 0 Å². The minimum absolute atomic E-state index is 0. The van der Waals surface area contributed by atoms with Crippen molar-refractivity contribution in [1.82, 2.24) is 0 Å². The van der Waals surface area contributed by atoms with E-state index in [1.54, 1.807) is 0 Å². The molecule has 0 aliphatic heterocycles. The Balaban J connectivity index is -0.00000000500. The summed E-state index contributed by atoms with van der Waals surface area (Å²) in [6, 6.07) is 0. The Morgan fingerprint density at radius 2 is 0.625 bits per heavy atom. The van der Waals surface area contributed by atoms with Gasteiger partial charge in [0, 0.05) is 20.4 Å². The van der Waals surface area contributed by atoms with Crippen LogP contribution < -0.4 is 0 Å². The molecule has 0 heterocycles. The van der Waals surface area contributed by atoms with Crippen LogP contribution in [0.5, 0.6) is 0 Å². The zero-order valence-electron chi connectivity index (χ0n) is 4.10. The van der Waals surface area contributed by atoms with Crippen LogP contribution in [0, 0.1) is 7.43 Å². The summed E-state index contributed by atoms with van der Waals surface area (Å²) in [6.07, 6.45) is 0. The minimum atomic E-state index is 0. The van der Waals surface area contributed by atoms with Gasteiger partial charge in [-0.25, -0.2) is 0 Å². The summed E-state index contributed by atoms with van der Waals surface area (Å²) in [5.41, 5.74) is 0. The van der Waals surface area contributed by atoms with Crippen LogP contribution in [-0.2, 0) is 34.8 Å². The van der Waals surface area contributed by atoms with Crippen LogP contribution in [0.25, 0.3) is 0 Å². The van der Waals surface area contributed by atoms with Gasteiger partial charge in [-0.1, -0.05) is 0 Å². The second-order valence-electron chi connectivity index (χ2n) is 0. The van der Waals surface area contributed by atoms with Crippen molar-refractivity contribution in [3.63, 3.8) is 0 Å². The van der Waals surface area contributed by atoms with Gasteiger partial charge in [-0.15, -0.1) is 0 Å². The Labute approximate surface area is 63.1 Å². The molecule has 8 heavy (non-hydrogen) atoms. The standard InChI is InChI=1S/3CO.CH3.Re/c3*1-2;;/h;;;1H3;/q4*-1;. The Hall–Kier alpha value is -0.328. The first-order chi connectivity index (χ1) is 3.00. The van der Waals surface area contributed by atoms with Gasteiger partial charge in [-0.2, -0.15) is 0 Å². The molecule has 0 spiro atoms. The predicted molar refractivity (Wildman–Crippen MR) is 23.5 cm³/mol. The summed E-state index contributed by atoms with van der Waals surface area (Å²) in [4.78, 5) is 22.5. The van der Waals surface area contributed by atoms with E-state index in [0.29, 0.717) is 0 Å². The maximum absolute atomic E-state index is 7.50. The quantitative estimate of drug-likeness (QED) is 0.551. The van der Waals surface area contributed by atoms with E-state index in [1.165, 1.54) is 0 Å². The molecule has 0 aliphatic carbocycles. The van der Waals surface area contributed by atoms with Crippen LogP contribution >= 0.6 is 0 Å². The van der Waals surface area contributed by atoms with Gasteiger partial charge in [0.15, 0.2) is 0 Å². The molecule has 0 amide bonds. The summed E-state index contributed by atoms with van der Waals surface area (Å²) in [5.74, 6) is 0. The predicted octanol–water partition coefficient (Wildman–Crippen LogP) is -0.744. The number of hydrogen-bond donors (Lipinski definition) is 0. The Morgan fingerprint density at radius 3 is 0.625 bits per heavy atom. The monoisotopic (exact) mass is 286 g/mol. The van der Waals surface area contributed by atoms with E-state index in [2.05, 4.69) is 20.4 Å². The molecule has 0 fully saturated rings. The fourth-order valence-electron chi connectivity index (χ4n) is 0. The molecule has 3 nitrogen and oxygen atoms in total. The molecular weight excluding hydrogens is 282 g/mol. The molecule has 0 rings (SSSR count). The largest absolute Gasteiger partial charge is 0.573 e. The molecule has 4 radical (unpaired) electrons. The topological polar surface area (TPSA) is 51.2 Å². The molecule has 0 aromatic rings. The van der Waals surface area contributed by atoms with Gasteiger partial charge in [0.1, 0.15) is 0 Å². The molecule has 0 aromatic heterocycles. The molecule has 0 saturated carbocycles. The Bertz CT molecular complexity index is 16.0. The van der Waals surface area contributed by atoms with Gasteiger partial charge in [0.25, 0.3) is 0 Å². The normalized spacial score (nSPS) is 1.50. The van der Waals surface area contributed by atoms with Crippen molar-refractivity contribution in [3.05, 3.63) is 7.43 Å². The average molecular weight is 285 g/mol. The van der Waals surface area contributed by atoms with Gasteiger partial charge < -0.3 is 42.2 Å². The number of carbonyl (C=O) groups excluding carboxylic acids is 3. The van der Waals surface area contributed by atoms with E-state index in [0.717, 1.165) is 0 Å². The van der Waals surface area contributed by atoms with Gasteiger partial charge in [-0.3, -0.25) is 0 Å². The average Bonchev–Trinajstić information content (AvgIpc) is 1.81. The van der Waals surface area contributed by atoms with Gasteiger partial charge in [0.05, 0.1) is 0 Å². The van der Waals surface area contributed by atoms with Gasteiger partial charge in [-0.05, 0) is 0 Å². The number of rotatable bonds is 0. The minimum Gasteiger partial charge on any atom is -0.573 e. The second kappa shape index (κ2) is 2000. The fraction of sp³-hybridized carbons (Fsp3) is 0. The first-order valence-electron chi connectivity index (χ1n) is 0.612. The molecule has 0 N–H and O–H groups in total. The van der Waals surface area contributed by atoms with Crippen molar-refractivity contribution in [2.24, 2.45) is 0 Å². The molecule has 0 aromatic carbocycles. The zero-order valence-corrected chi connectivity index (χ0v) is 6.82. The molecule has 48 valence electrons. The second-order valence-corrected chi connectivity index (χ2v) is 0.